The minimum absolute atomic E-state index is 0.122. The smallest absolute Gasteiger partial charge is 0.317 e. The van der Waals surface area contributed by atoms with Gasteiger partial charge in [-0.1, -0.05) is 6.58 Å². The van der Waals surface area contributed by atoms with Gasteiger partial charge >= 0.3 is 6.01 Å². The number of aromatic amines is 1. The standard InChI is InChI=1S/C21H21FN4O4/c1-12-10-28-20(29-11-12)19-25-17(14-3-5-15(22)6-4-14)18(26-19)16-7-8-23-21(24-16)30-13(2)9-27/h3-8,13,20,27H,1,9-11H2,2H3,(H,25,26). The van der Waals surface area contributed by atoms with Crippen molar-refractivity contribution in [3.05, 3.63) is 60.3 Å². The molecule has 9 heteroatoms. The molecule has 4 rings (SSSR count). The number of aliphatic hydroxyl groups is 1. The molecule has 0 radical (unpaired) electrons. The van der Waals surface area contributed by atoms with Crippen LogP contribution in [0.15, 0.2) is 48.7 Å². The molecule has 1 atom stereocenters. The van der Waals surface area contributed by atoms with Crippen LogP contribution in [-0.4, -0.2) is 51.0 Å². The molecule has 1 unspecified atom stereocenters. The van der Waals surface area contributed by atoms with E-state index in [1.54, 1.807) is 31.3 Å². The Balaban J connectivity index is 1.74. The maximum absolute atomic E-state index is 13.4. The lowest BCUT2D eigenvalue weighted by Crippen LogP contribution is -2.20. The van der Waals surface area contributed by atoms with Crippen LogP contribution in [0.3, 0.4) is 0 Å². The molecule has 1 aromatic carbocycles. The highest BCUT2D eigenvalue weighted by atomic mass is 19.1. The van der Waals surface area contributed by atoms with Gasteiger partial charge in [-0.15, -0.1) is 0 Å². The van der Waals surface area contributed by atoms with Crippen molar-refractivity contribution in [3.63, 3.8) is 0 Å². The molecular formula is C21H21FN4O4. The third-order valence-electron chi connectivity index (χ3n) is 4.39. The number of nitrogens with zero attached hydrogens (tertiary/aromatic N) is 3. The zero-order valence-electron chi connectivity index (χ0n) is 16.3. The molecule has 3 heterocycles. The first kappa shape index (κ1) is 20.1. The summed E-state index contributed by atoms with van der Waals surface area (Å²) < 4.78 is 30.3. The fourth-order valence-electron chi connectivity index (χ4n) is 2.89. The number of ether oxygens (including phenoxy) is 3. The van der Waals surface area contributed by atoms with E-state index in [0.29, 0.717) is 41.7 Å². The molecular weight excluding hydrogens is 391 g/mol. The lowest BCUT2D eigenvalue weighted by atomic mass is 10.1. The van der Waals surface area contributed by atoms with Crippen molar-refractivity contribution in [1.82, 2.24) is 19.9 Å². The summed E-state index contributed by atoms with van der Waals surface area (Å²) in [6.07, 6.45) is 0.413. The van der Waals surface area contributed by atoms with E-state index < -0.39 is 12.4 Å². The molecule has 1 fully saturated rings. The van der Waals surface area contributed by atoms with Gasteiger partial charge in [0, 0.05) is 11.8 Å². The molecule has 1 aliphatic heterocycles. The van der Waals surface area contributed by atoms with Crippen molar-refractivity contribution in [3.8, 4) is 28.7 Å². The van der Waals surface area contributed by atoms with Gasteiger partial charge < -0.3 is 24.3 Å². The van der Waals surface area contributed by atoms with Gasteiger partial charge in [-0.2, -0.15) is 4.98 Å². The first-order valence-corrected chi connectivity index (χ1v) is 9.40. The van der Waals surface area contributed by atoms with Crippen LogP contribution >= 0.6 is 0 Å². The van der Waals surface area contributed by atoms with E-state index in [1.165, 1.54) is 12.1 Å². The topological polar surface area (TPSA) is 102 Å². The Labute approximate surface area is 172 Å². The third kappa shape index (κ3) is 4.38. The van der Waals surface area contributed by atoms with Crippen LogP contribution in [0.1, 0.15) is 19.0 Å². The molecule has 0 bridgehead atoms. The molecule has 0 spiro atoms. The number of halogens is 1. The molecule has 1 aliphatic rings. The zero-order chi connectivity index (χ0) is 21.1. The van der Waals surface area contributed by atoms with Gasteiger partial charge in [-0.3, -0.25) is 0 Å². The third-order valence-corrected chi connectivity index (χ3v) is 4.39. The lowest BCUT2D eigenvalue weighted by Gasteiger charge is -2.22. The quantitative estimate of drug-likeness (QED) is 0.600. The van der Waals surface area contributed by atoms with Crippen LogP contribution in [-0.2, 0) is 9.47 Å². The SMILES string of the molecule is C=C1COC(c2nc(-c3ccc(F)cc3)c(-c3ccnc(OC(C)CO)n3)[nH]2)OC1. The zero-order valence-corrected chi connectivity index (χ0v) is 16.3. The van der Waals surface area contributed by atoms with Gasteiger partial charge in [0.25, 0.3) is 0 Å². The molecule has 8 nitrogen and oxygen atoms in total. The van der Waals surface area contributed by atoms with E-state index >= 15 is 0 Å². The van der Waals surface area contributed by atoms with Gasteiger partial charge in [-0.25, -0.2) is 14.4 Å². The van der Waals surface area contributed by atoms with Crippen LogP contribution in [0.5, 0.6) is 6.01 Å². The Morgan fingerprint density at radius 3 is 2.67 bits per heavy atom. The van der Waals surface area contributed by atoms with Crippen LogP contribution < -0.4 is 4.74 Å². The molecule has 156 valence electrons. The second kappa shape index (κ2) is 8.70. The molecule has 3 aromatic rings. The van der Waals surface area contributed by atoms with Gasteiger partial charge in [0.05, 0.1) is 36.9 Å². The summed E-state index contributed by atoms with van der Waals surface area (Å²) in [5, 5.41) is 9.20. The van der Waals surface area contributed by atoms with Crippen molar-refractivity contribution in [2.75, 3.05) is 19.8 Å². The van der Waals surface area contributed by atoms with Gasteiger partial charge in [0.15, 0.2) is 5.82 Å². The Bertz CT molecular complexity index is 1030. The fourth-order valence-corrected chi connectivity index (χ4v) is 2.89. The van der Waals surface area contributed by atoms with Crippen molar-refractivity contribution in [2.24, 2.45) is 0 Å². The number of imidazole rings is 1. The van der Waals surface area contributed by atoms with Crippen molar-refractivity contribution < 1.29 is 23.7 Å². The Hall–Kier alpha value is -3.14. The lowest BCUT2D eigenvalue weighted by molar-refractivity contribution is -0.165. The minimum atomic E-state index is -0.685. The van der Waals surface area contributed by atoms with Crippen LogP contribution in [0.2, 0.25) is 0 Å². The van der Waals surface area contributed by atoms with Crippen molar-refractivity contribution >= 4 is 0 Å². The average Bonchev–Trinajstić information content (AvgIpc) is 3.20. The molecule has 1 saturated heterocycles. The van der Waals surface area contributed by atoms with E-state index in [9.17, 15) is 9.50 Å². The number of aliphatic hydroxyl groups excluding tert-OH is 1. The molecule has 0 amide bonds. The van der Waals surface area contributed by atoms with Crippen LogP contribution in [0.25, 0.3) is 22.6 Å². The highest BCUT2D eigenvalue weighted by Gasteiger charge is 2.25. The number of benzene rings is 1. The number of nitrogens with one attached hydrogen (secondary N) is 1. The summed E-state index contributed by atoms with van der Waals surface area (Å²) in [7, 11) is 0. The van der Waals surface area contributed by atoms with E-state index in [4.69, 9.17) is 14.2 Å². The Morgan fingerprint density at radius 2 is 1.97 bits per heavy atom. The first-order chi connectivity index (χ1) is 14.5. The summed E-state index contributed by atoms with van der Waals surface area (Å²) in [6, 6.07) is 7.82. The fraction of sp³-hybridized carbons (Fsp3) is 0.286. The van der Waals surface area contributed by atoms with E-state index in [-0.39, 0.29) is 18.4 Å². The summed E-state index contributed by atoms with van der Waals surface area (Å²) in [6.45, 7) is 6.13. The highest BCUT2D eigenvalue weighted by Crippen LogP contribution is 2.33. The monoisotopic (exact) mass is 412 g/mol. The second-order valence-electron chi connectivity index (χ2n) is 6.89. The predicted octanol–water partition coefficient (Wildman–Crippen LogP) is 3.03. The van der Waals surface area contributed by atoms with Crippen molar-refractivity contribution in [2.45, 2.75) is 19.3 Å². The summed E-state index contributed by atoms with van der Waals surface area (Å²) in [5.41, 5.74) is 3.19. The van der Waals surface area contributed by atoms with Crippen molar-refractivity contribution in [1.29, 1.82) is 0 Å². The molecule has 0 saturated carbocycles. The summed E-state index contributed by atoms with van der Waals surface area (Å²) >= 11 is 0. The van der Waals surface area contributed by atoms with E-state index in [0.717, 1.165) is 5.57 Å². The summed E-state index contributed by atoms with van der Waals surface area (Å²) in [4.78, 5) is 16.4. The maximum Gasteiger partial charge on any atom is 0.317 e. The van der Waals surface area contributed by atoms with Gasteiger partial charge in [0.1, 0.15) is 11.9 Å². The normalized spacial score (nSPS) is 15.9. The largest absolute Gasteiger partial charge is 0.458 e. The number of H-pyrrole nitrogens is 1. The predicted molar refractivity (Wildman–Crippen MR) is 106 cm³/mol. The van der Waals surface area contributed by atoms with Gasteiger partial charge in [-0.05, 0) is 42.8 Å². The number of aromatic nitrogens is 4. The number of rotatable bonds is 6. The Kier molecular flexibility index (Phi) is 5.84. The highest BCUT2D eigenvalue weighted by molar-refractivity contribution is 5.76. The van der Waals surface area contributed by atoms with E-state index in [2.05, 4.69) is 26.5 Å². The Morgan fingerprint density at radius 1 is 1.23 bits per heavy atom. The first-order valence-electron chi connectivity index (χ1n) is 9.40. The van der Waals surface area contributed by atoms with Crippen LogP contribution in [0.4, 0.5) is 4.39 Å². The maximum atomic E-state index is 13.4. The second-order valence-corrected chi connectivity index (χ2v) is 6.89. The molecule has 2 aromatic heterocycles. The molecule has 30 heavy (non-hydrogen) atoms. The van der Waals surface area contributed by atoms with Gasteiger partial charge in [0.2, 0.25) is 6.29 Å². The molecule has 0 aliphatic carbocycles. The number of hydrogen-bond donors (Lipinski definition) is 2. The minimum Gasteiger partial charge on any atom is -0.458 e. The van der Waals surface area contributed by atoms with Crippen LogP contribution in [0, 0.1) is 5.82 Å². The average molecular weight is 412 g/mol. The van der Waals surface area contributed by atoms with E-state index in [1.807, 2.05) is 0 Å². The molecule has 2 N–H and O–H groups in total. The number of hydrogen-bond acceptors (Lipinski definition) is 7. The summed E-state index contributed by atoms with van der Waals surface area (Å²) in [5.74, 6) is 0.117.